The SMILES string of the molecule is C[C@H](NC(=O)[C@@H](Cc1c[nH]c2ccccc12)NC(=O)[C@@H](N)Cc1cnc[nH]1)C(=O)N[C@@H](Cc1c[nH]c2ccccc12)C(=O)N[C@@H]1CC(=O)N([C@@H](CCCCN)C(N)=O)C1. The predicted molar refractivity (Wildman–Crippen MR) is 220 cm³/mol. The third-order valence-electron chi connectivity index (χ3n) is 10.7. The number of fused-ring (bicyclic) bond motifs is 2. The van der Waals surface area contributed by atoms with Gasteiger partial charge in [-0.3, -0.25) is 28.8 Å². The van der Waals surface area contributed by atoms with E-state index in [1.165, 1.54) is 18.2 Å². The van der Waals surface area contributed by atoms with Crippen molar-refractivity contribution in [3.63, 3.8) is 0 Å². The molecule has 6 atom stereocenters. The molecule has 3 aromatic heterocycles. The van der Waals surface area contributed by atoms with Gasteiger partial charge in [-0.25, -0.2) is 4.98 Å². The average molecular weight is 809 g/mol. The number of benzene rings is 2. The Labute approximate surface area is 340 Å². The largest absolute Gasteiger partial charge is 0.368 e. The van der Waals surface area contributed by atoms with Crippen LogP contribution < -0.4 is 38.5 Å². The highest BCUT2D eigenvalue weighted by molar-refractivity contribution is 5.96. The van der Waals surface area contributed by atoms with E-state index in [1.807, 2.05) is 48.5 Å². The second-order valence-corrected chi connectivity index (χ2v) is 15.0. The number of rotatable bonds is 20. The van der Waals surface area contributed by atoms with Crippen LogP contribution in [0.2, 0.25) is 0 Å². The quantitative estimate of drug-likeness (QED) is 0.0469. The third kappa shape index (κ3) is 10.5. The number of likely N-dealkylation sites (tertiary alicyclic amines) is 1. The molecule has 6 amide bonds. The van der Waals surface area contributed by atoms with E-state index in [0.29, 0.717) is 31.5 Å². The molecule has 13 N–H and O–H groups in total. The first-order chi connectivity index (χ1) is 28.4. The van der Waals surface area contributed by atoms with E-state index in [1.54, 1.807) is 18.6 Å². The molecule has 5 aromatic rings. The maximum Gasteiger partial charge on any atom is 0.243 e. The zero-order chi connectivity index (χ0) is 42.1. The molecule has 0 unspecified atom stereocenters. The van der Waals surface area contributed by atoms with E-state index in [2.05, 4.69) is 41.2 Å². The summed E-state index contributed by atoms with van der Waals surface area (Å²) in [5, 5.41) is 12.9. The molecule has 1 aliphatic rings. The molecule has 312 valence electrons. The maximum absolute atomic E-state index is 14.0. The summed E-state index contributed by atoms with van der Waals surface area (Å²) in [7, 11) is 0. The molecule has 1 aliphatic heterocycles. The Morgan fingerprint density at radius 1 is 0.814 bits per heavy atom. The summed E-state index contributed by atoms with van der Waals surface area (Å²) in [5.41, 5.74) is 21.3. The van der Waals surface area contributed by atoms with Gasteiger partial charge in [0.05, 0.1) is 18.4 Å². The van der Waals surface area contributed by atoms with E-state index < -0.39 is 65.8 Å². The molecule has 0 aliphatic carbocycles. The summed E-state index contributed by atoms with van der Waals surface area (Å²) in [6.07, 6.45) is 8.44. The van der Waals surface area contributed by atoms with E-state index in [-0.39, 0.29) is 38.1 Å². The highest BCUT2D eigenvalue weighted by atomic mass is 16.2. The molecule has 4 heterocycles. The molecule has 0 radical (unpaired) electrons. The Bertz CT molecular complexity index is 2270. The molecular weight excluding hydrogens is 757 g/mol. The minimum Gasteiger partial charge on any atom is -0.368 e. The zero-order valence-corrected chi connectivity index (χ0v) is 32.8. The van der Waals surface area contributed by atoms with E-state index >= 15 is 0 Å². The van der Waals surface area contributed by atoms with Gasteiger partial charge < -0.3 is 58.3 Å². The van der Waals surface area contributed by atoms with Gasteiger partial charge in [0.15, 0.2) is 0 Å². The topological polar surface area (TPSA) is 292 Å². The number of hydrogen-bond acceptors (Lipinski definition) is 9. The van der Waals surface area contributed by atoms with Crippen molar-refractivity contribution < 1.29 is 28.8 Å². The van der Waals surface area contributed by atoms with E-state index in [0.717, 1.165) is 32.9 Å². The van der Waals surface area contributed by atoms with Crippen LogP contribution in [0, 0.1) is 0 Å². The second-order valence-electron chi connectivity index (χ2n) is 15.0. The van der Waals surface area contributed by atoms with Crippen LogP contribution in [0.5, 0.6) is 0 Å². The molecule has 2 aromatic carbocycles. The fraction of sp³-hybridized carbons (Fsp3) is 0.390. The molecule has 1 saturated heterocycles. The molecule has 0 spiro atoms. The Morgan fingerprint density at radius 2 is 1.42 bits per heavy atom. The number of imidazole rings is 1. The number of aromatic amines is 3. The number of nitrogens with one attached hydrogen (secondary N) is 7. The van der Waals surface area contributed by atoms with Crippen molar-refractivity contribution in [2.24, 2.45) is 17.2 Å². The monoisotopic (exact) mass is 808 g/mol. The molecule has 59 heavy (non-hydrogen) atoms. The van der Waals surface area contributed by atoms with Crippen molar-refractivity contribution in [1.29, 1.82) is 0 Å². The van der Waals surface area contributed by atoms with Gasteiger partial charge in [-0.15, -0.1) is 0 Å². The number of para-hydroxylation sites is 2. The van der Waals surface area contributed by atoms with Gasteiger partial charge in [0.25, 0.3) is 0 Å². The maximum atomic E-state index is 14.0. The number of unbranched alkanes of at least 4 members (excludes halogenated alkanes) is 1. The number of carbonyl (C=O) groups is 6. The number of amides is 6. The molecule has 0 saturated carbocycles. The number of carbonyl (C=O) groups excluding carboxylic acids is 6. The highest BCUT2D eigenvalue weighted by Gasteiger charge is 2.38. The van der Waals surface area contributed by atoms with E-state index in [9.17, 15) is 28.8 Å². The van der Waals surface area contributed by atoms with Crippen LogP contribution in [-0.4, -0.2) is 110 Å². The van der Waals surface area contributed by atoms with Crippen LogP contribution in [-0.2, 0) is 48.0 Å². The fourth-order valence-corrected chi connectivity index (χ4v) is 7.51. The van der Waals surface area contributed by atoms with Crippen molar-refractivity contribution in [3.05, 3.63) is 90.3 Å². The van der Waals surface area contributed by atoms with Crippen molar-refractivity contribution in [1.82, 2.24) is 46.1 Å². The molecule has 0 bridgehead atoms. The molecule has 6 rings (SSSR count). The normalized spacial score (nSPS) is 16.6. The number of hydrogen-bond donors (Lipinski definition) is 10. The van der Waals surface area contributed by atoms with Gasteiger partial charge in [0.1, 0.15) is 24.2 Å². The summed E-state index contributed by atoms with van der Waals surface area (Å²) >= 11 is 0. The molecule has 1 fully saturated rings. The minimum absolute atomic E-state index is 0.0539. The van der Waals surface area contributed by atoms with Gasteiger partial charge in [0, 0.05) is 78.3 Å². The Kier molecular flexibility index (Phi) is 13.8. The molecular formula is C41H52N12O6. The van der Waals surface area contributed by atoms with Crippen LogP contribution in [0.4, 0.5) is 0 Å². The van der Waals surface area contributed by atoms with Gasteiger partial charge >= 0.3 is 0 Å². The third-order valence-corrected chi connectivity index (χ3v) is 10.7. The lowest BCUT2D eigenvalue weighted by Gasteiger charge is -2.26. The second kappa shape index (κ2) is 19.3. The van der Waals surface area contributed by atoms with Gasteiger partial charge in [-0.05, 0) is 56.0 Å². The van der Waals surface area contributed by atoms with Gasteiger partial charge in [-0.2, -0.15) is 0 Å². The summed E-state index contributed by atoms with van der Waals surface area (Å²) in [4.78, 5) is 95.2. The highest BCUT2D eigenvalue weighted by Crippen LogP contribution is 2.22. The number of H-pyrrole nitrogens is 3. The van der Waals surface area contributed by atoms with Gasteiger partial charge in [0.2, 0.25) is 35.4 Å². The number of nitrogens with two attached hydrogens (primary N) is 3. The Hall–Kier alpha value is -6.53. The predicted octanol–water partition coefficient (Wildman–Crippen LogP) is -0.0982. The van der Waals surface area contributed by atoms with Crippen molar-refractivity contribution in [2.75, 3.05) is 13.1 Å². The lowest BCUT2D eigenvalue weighted by Crippen LogP contribution is -2.58. The fourth-order valence-electron chi connectivity index (χ4n) is 7.51. The average Bonchev–Trinajstić information content (AvgIpc) is 4.04. The Morgan fingerprint density at radius 3 is 2.02 bits per heavy atom. The zero-order valence-electron chi connectivity index (χ0n) is 32.8. The lowest BCUT2D eigenvalue weighted by atomic mass is 10.0. The minimum atomic E-state index is -1.16. The summed E-state index contributed by atoms with van der Waals surface area (Å²) in [5.74, 6) is -3.40. The molecule has 18 heteroatoms. The standard InChI is InChI=1S/C41H52N12O6/c1-23(49-40(58)33(14-24-18-46-31-10-4-2-8-28(24)31)52-39(57)30(43)16-26-20-45-22-48-26)38(56)51-34(15-25-19-47-32-11-5-3-9-29(25)32)41(59)50-27-17-36(54)53(21-27)35(37(44)55)12-6-7-13-42/h2-5,8-11,18-20,22-23,27,30,33-35,46-47H,6-7,12-17,21,42-43H2,1H3,(H2,44,55)(H,45,48)(H,49,58)(H,50,59)(H,51,56)(H,52,57)/t23-,27+,30-,33+,34-,35-/m0/s1. The smallest absolute Gasteiger partial charge is 0.243 e. The summed E-state index contributed by atoms with van der Waals surface area (Å²) in [6, 6.07) is 9.15. The number of primary amides is 1. The van der Waals surface area contributed by atoms with Crippen molar-refractivity contribution >= 4 is 57.2 Å². The van der Waals surface area contributed by atoms with E-state index in [4.69, 9.17) is 17.2 Å². The van der Waals surface area contributed by atoms with Gasteiger partial charge in [-0.1, -0.05) is 36.4 Å². The molecule has 18 nitrogen and oxygen atoms in total. The number of aromatic nitrogens is 4. The van der Waals surface area contributed by atoms with Crippen LogP contribution in [0.15, 0.2) is 73.4 Å². The van der Waals surface area contributed by atoms with Crippen LogP contribution >= 0.6 is 0 Å². The summed E-state index contributed by atoms with van der Waals surface area (Å²) < 4.78 is 0. The van der Waals surface area contributed by atoms with Crippen molar-refractivity contribution in [2.45, 2.75) is 88.1 Å². The summed E-state index contributed by atoms with van der Waals surface area (Å²) in [6.45, 7) is 1.98. The first kappa shape index (κ1) is 42.1. The number of nitrogens with zero attached hydrogens (tertiary/aromatic N) is 2. The van der Waals surface area contributed by atoms with Crippen LogP contribution in [0.25, 0.3) is 21.8 Å². The first-order valence-corrected chi connectivity index (χ1v) is 19.7. The Balaban J connectivity index is 1.16. The first-order valence-electron chi connectivity index (χ1n) is 19.7. The lowest BCUT2D eigenvalue weighted by molar-refractivity contribution is -0.136. The van der Waals surface area contributed by atoms with Crippen LogP contribution in [0.3, 0.4) is 0 Å². The van der Waals surface area contributed by atoms with Crippen molar-refractivity contribution in [3.8, 4) is 0 Å². The van der Waals surface area contributed by atoms with Crippen LogP contribution in [0.1, 0.15) is 49.4 Å².